The van der Waals surface area contributed by atoms with E-state index in [2.05, 4.69) is 35.5 Å². The minimum Gasteiger partial charge on any atom is -0.357 e. The molecule has 98 valence electrons. The Hall–Kier alpha value is -2.61. The standard InChI is InChI=1S/C18H15NO/c1-14(19-20-18-9-3-2-4-10-18)16-12-11-15-7-5-6-8-17(15)13-16/h2-13H,1H3/b19-14+. The number of oxime groups is 1. The molecule has 0 aromatic heterocycles. The summed E-state index contributed by atoms with van der Waals surface area (Å²) in [7, 11) is 0. The normalized spacial score (nSPS) is 11.6. The van der Waals surface area contributed by atoms with Gasteiger partial charge in [-0.1, -0.05) is 59.8 Å². The number of para-hydroxylation sites is 1. The maximum atomic E-state index is 5.42. The zero-order chi connectivity index (χ0) is 13.8. The van der Waals surface area contributed by atoms with Crippen LogP contribution in [0.2, 0.25) is 0 Å². The SMILES string of the molecule is C/C(=N\Oc1ccccc1)c1ccc2ccccc2c1. The van der Waals surface area contributed by atoms with E-state index >= 15 is 0 Å². The summed E-state index contributed by atoms with van der Waals surface area (Å²) in [5, 5.41) is 6.63. The van der Waals surface area contributed by atoms with Crippen molar-refractivity contribution in [3.05, 3.63) is 78.4 Å². The molecule has 3 aromatic rings. The van der Waals surface area contributed by atoms with E-state index in [-0.39, 0.29) is 0 Å². The largest absolute Gasteiger partial charge is 0.357 e. The summed E-state index contributed by atoms with van der Waals surface area (Å²) >= 11 is 0. The smallest absolute Gasteiger partial charge is 0.157 e. The molecule has 20 heavy (non-hydrogen) atoms. The summed E-state index contributed by atoms with van der Waals surface area (Å²) in [5.41, 5.74) is 1.93. The highest BCUT2D eigenvalue weighted by Gasteiger charge is 2.00. The first-order valence-electron chi connectivity index (χ1n) is 6.59. The second-order valence-corrected chi connectivity index (χ2v) is 4.64. The van der Waals surface area contributed by atoms with Gasteiger partial charge in [-0.2, -0.15) is 0 Å². The topological polar surface area (TPSA) is 21.6 Å². The van der Waals surface area contributed by atoms with Crippen LogP contribution >= 0.6 is 0 Å². The molecule has 0 amide bonds. The van der Waals surface area contributed by atoms with E-state index in [4.69, 9.17) is 4.84 Å². The van der Waals surface area contributed by atoms with Crippen molar-refractivity contribution < 1.29 is 4.84 Å². The van der Waals surface area contributed by atoms with E-state index in [0.29, 0.717) is 0 Å². The van der Waals surface area contributed by atoms with Gasteiger partial charge in [-0.25, -0.2) is 0 Å². The fourth-order valence-corrected chi connectivity index (χ4v) is 2.07. The van der Waals surface area contributed by atoms with Crippen molar-refractivity contribution in [3.8, 4) is 5.75 Å². The third-order valence-corrected chi connectivity index (χ3v) is 3.20. The summed E-state index contributed by atoms with van der Waals surface area (Å²) in [5.74, 6) is 0.743. The van der Waals surface area contributed by atoms with E-state index in [0.717, 1.165) is 17.0 Å². The van der Waals surface area contributed by atoms with Crippen LogP contribution in [-0.2, 0) is 0 Å². The first-order chi connectivity index (χ1) is 9.83. The molecule has 0 fully saturated rings. The number of hydrogen-bond acceptors (Lipinski definition) is 2. The van der Waals surface area contributed by atoms with Crippen LogP contribution in [0.25, 0.3) is 10.8 Å². The van der Waals surface area contributed by atoms with Crippen LogP contribution in [0.5, 0.6) is 5.75 Å². The lowest BCUT2D eigenvalue weighted by Crippen LogP contribution is -1.97. The van der Waals surface area contributed by atoms with Gasteiger partial charge in [0.15, 0.2) is 5.75 Å². The Labute approximate surface area is 118 Å². The van der Waals surface area contributed by atoms with Gasteiger partial charge < -0.3 is 4.84 Å². The number of fused-ring (bicyclic) bond motifs is 1. The molecule has 0 bridgehead atoms. The van der Waals surface area contributed by atoms with Gasteiger partial charge in [-0.05, 0) is 41.5 Å². The van der Waals surface area contributed by atoms with E-state index in [1.807, 2.05) is 49.4 Å². The fourth-order valence-electron chi connectivity index (χ4n) is 2.07. The maximum Gasteiger partial charge on any atom is 0.157 e. The molecule has 2 heteroatoms. The van der Waals surface area contributed by atoms with Crippen LogP contribution in [0.15, 0.2) is 78.0 Å². The summed E-state index contributed by atoms with van der Waals surface area (Å²) in [6, 6.07) is 24.2. The second-order valence-electron chi connectivity index (χ2n) is 4.64. The highest BCUT2D eigenvalue weighted by atomic mass is 16.6. The van der Waals surface area contributed by atoms with Crippen molar-refractivity contribution in [2.75, 3.05) is 0 Å². The van der Waals surface area contributed by atoms with Crippen LogP contribution in [0.3, 0.4) is 0 Å². The van der Waals surface area contributed by atoms with Crippen molar-refractivity contribution in [3.63, 3.8) is 0 Å². The number of hydrogen-bond donors (Lipinski definition) is 0. The van der Waals surface area contributed by atoms with Gasteiger partial charge in [0.1, 0.15) is 0 Å². The molecule has 3 rings (SSSR count). The van der Waals surface area contributed by atoms with Crippen molar-refractivity contribution >= 4 is 16.5 Å². The van der Waals surface area contributed by atoms with Gasteiger partial charge >= 0.3 is 0 Å². The molecule has 3 aromatic carbocycles. The van der Waals surface area contributed by atoms with Gasteiger partial charge in [0.2, 0.25) is 0 Å². The molecule has 0 aliphatic carbocycles. The lowest BCUT2D eigenvalue weighted by atomic mass is 10.0. The van der Waals surface area contributed by atoms with Crippen molar-refractivity contribution in [1.29, 1.82) is 0 Å². The minimum absolute atomic E-state index is 0.743. The Balaban J connectivity index is 1.86. The molecule has 0 atom stereocenters. The number of benzene rings is 3. The van der Waals surface area contributed by atoms with Crippen LogP contribution < -0.4 is 4.84 Å². The zero-order valence-corrected chi connectivity index (χ0v) is 11.3. The monoisotopic (exact) mass is 261 g/mol. The first kappa shape index (κ1) is 12.4. The average Bonchev–Trinajstić information content (AvgIpc) is 2.53. The van der Waals surface area contributed by atoms with Crippen molar-refractivity contribution in [1.82, 2.24) is 0 Å². The third kappa shape index (κ3) is 2.69. The minimum atomic E-state index is 0.743. The number of nitrogens with zero attached hydrogens (tertiary/aromatic N) is 1. The lowest BCUT2D eigenvalue weighted by molar-refractivity contribution is 0.341. The predicted octanol–water partition coefficient (Wildman–Crippen LogP) is 4.64. The Morgan fingerprint density at radius 2 is 1.50 bits per heavy atom. The quantitative estimate of drug-likeness (QED) is 0.497. The van der Waals surface area contributed by atoms with Crippen LogP contribution in [-0.4, -0.2) is 5.71 Å². The molecular formula is C18H15NO. The summed E-state index contributed by atoms with van der Waals surface area (Å²) in [6.07, 6.45) is 0. The molecule has 0 saturated carbocycles. The van der Waals surface area contributed by atoms with E-state index in [1.54, 1.807) is 0 Å². The van der Waals surface area contributed by atoms with Crippen LogP contribution in [0.4, 0.5) is 0 Å². The first-order valence-corrected chi connectivity index (χ1v) is 6.59. The Bertz CT molecular complexity index is 747. The molecule has 0 unspecified atom stereocenters. The summed E-state index contributed by atoms with van der Waals surface area (Å²) < 4.78 is 0. The highest BCUT2D eigenvalue weighted by Crippen LogP contribution is 2.16. The molecule has 0 heterocycles. The Morgan fingerprint density at radius 1 is 0.800 bits per heavy atom. The third-order valence-electron chi connectivity index (χ3n) is 3.20. The van der Waals surface area contributed by atoms with Gasteiger partial charge in [0.05, 0.1) is 5.71 Å². The molecule has 0 saturated heterocycles. The van der Waals surface area contributed by atoms with Crippen LogP contribution in [0.1, 0.15) is 12.5 Å². The fraction of sp³-hybridized carbons (Fsp3) is 0.0556. The zero-order valence-electron chi connectivity index (χ0n) is 11.3. The molecule has 2 nitrogen and oxygen atoms in total. The molecule has 0 aliphatic rings. The Kier molecular flexibility index (Phi) is 3.46. The molecule has 0 aliphatic heterocycles. The Morgan fingerprint density at radius 3 is 2.30 bits per heavy atom. The molecule has 0 radical (unpaired) electrons. The maximum absolute atomic E-state index is 5.42. The average molecular weight is 261 g/mol. The highest BCUT2D eigenvalue weighted by molar-refractivity contribution is 6.01. The van der Waals surface area contributed by atoms with Gasteiger partial charge in [-0.3, -0.25) is 0 Å². The summed E-state index contributed by atoms with van der Waals surface area (Å²) in [6.45, 7) is 1.95. The predicted molar refractivity (Wildman–Crippen MR) is 83.2 cm³/mol. The van der Waals surface area contributed by atoms with Crippen molar-refractivity contribution in [2.24, 2.45) is 5.16 Å². The van der Waals surface area contributed by atoms with Gasteiger partial charge in [-0.15, -0.1) is 0 Å². The number of rotatable bonds is 3. The van der Waals surface area contributed by atoms with E-state index in [1.165, 1.54) is 10.8 Å². The molecule has 0 spiro atoms. The summed E-state index contributed by atoms with van der Waals surface area (Å²) in [4.78, 5) is 5.42. The lowest BCUT2D eigenvalue weighted by Gasteiger charge is -2.04. The van der Waals surface area contributed by atoms with Gasteiger partial charge in [0, 0.05) is 0 Å². The van der Waals surface area contributed by atoms with E-state index < -0.39 is 0 Å². The van der Waals surface area contributed by atoms with Gasteiger partial charge in [0.25, 0.3) is 0 Å². The molecule has 0 N–H and O–H groups in total. The molecular weight excluding hydrogens is 246 g/mol. The van der Waals surface area contributed by atoms with E-state index in [9.17, 15) is 0 Å². The van der Waals surface area contributed by atoms with Crippen LogP contribution in [0, 0.1) is 0 Å². The second kappa shape index (κ2) is 5.57. The van der Waals surface area contributed by atoms with Crippen molar-refractivity contribution in [2.45, 2.75) is 6.92 Å².